The Bertz CT molecular complexity index is 889. The molecule has 0 aliphatic carbocycles. The van der Waals surface area contributed by atoms with Crippen LogP contribution in [0.3, 0.4) is 0 Å². The number of aryl methyl sites for hydroxylation is 2. The summed E-state index contributed by atoms with van der Waals surface area (Å²) in [5.74, 6) is -1.56. The molecule has 7 nitrogen and oxygen atoms in total. The number of carbonyl (C=O) groups excluding carboxylic acids is 1. The summed E-state index contributed by atoms with van der Waals surface area (Å²) in [6.07, 6.45) is 1.41. The van der Waals surface area contributed by atoms with E-state index in [1.165, 1.54) is 17.8 Å². The molecule has 3 N–H and O–H groups in total. The fraction of sp³-hybridized carbons (Fsp3) is 0.353. The summed E-state index contributed by atoms with van der Waals surface area (Å²) in [6.45, 7) is 3.38. The van der Waals surface area contributed by atoms with Crippen LogP contribution in [0.15, 0.2) is 21.3 Å². The SMILES string of the molecule is CSC[C@@H](NC(=O)Cc1c(C)c2c(O)cc(C)cc2oc1=O)C(=O)O. The second-order valence-electron chi connectivity index (χ2n) is 5.74. The molecule has 0 aliphatic heterocycles. The molecule has 1 aromatic carbocycles. The third-order valence-corrected chi connectivity index (χ3v) is 4.47. The molecule has 134 valence electrons. The Morgan fingerprint density at radius 3 is 2.60 bits per heavy atom. The first-order valence-corrected chi connectivity index (χ1v) is 8.91. The summed E-state index contributed by atoms with van der Waals surface area (Å²) in [5, 5.41) is 22.0. The van der Waals surface area contributed by atoms with Crippen molar-refractivity contribution in [1.29, 1.82) is 0 Å². The van der Waals surface area contributed by atoms with E-state index < -0.39 is 23.5 Å². The van der Waals surface area contributed by atoms with Crippen molar-refractivity contribution in [2.45, 2.75) is 26.3 Å². The highest BCUT2D eigenvalue weighted by Crippen LogP contribution is 2.29. The quantitative estimate of drug-likeness (QED) is 0.666. The van der Waals surface area contributed by atoms with Gasteiger partial charge in [-0.2, -0.15) is 11.8 Å². The van der Waals surface area contributed by atoms with Crippen molar-refractivity contribution in [3.63, 3.8) is 0 Å². The Morgan fingerprint density at radius 1 is 1.32 bits per heavy atom. The van der Waals surface area contributed by atoms with Gasteiger partial charge < -0.3 is 19.9 Å². The molecule has 1 amide bonds. The normalized spacial score (nSPS) is 12.1. The summed E-state index contributed by atoms with van der Waals surface area (Å²) in [5.41, 5.74) is 0.837. The molecule has 0 spiro atoms. The first kappa shape index (κ1) is 18.9. The van der Waals surface area contributed by atoms with E-state index in [4.69, 9.17) is 9.52 Å². The highest BCUT2D eigenvalue weighted by molar-refractivity contribution is 7.98. The number of carboxylic acids is 1. The Hall–Kier alpha value is -2.48. The lowest BCUT2D eigenvalue weighted by molar-refractivity contribution is -0.141. The van der Waals surface area contributed by atoms with Crippen LogP contribution in [0.25, 0.3) is 11.0 Å². The number of amides is 1. The number of phenols is 1. The fourth-order valence-electron chi connectivity index (χ4n) is 2.61. The van der Waals surface area contributed by atoms with Gasteiger partial charge in [0, 0.05) is 5.75 Å². The van der Waals surface area contributed by atoms with Crippen molar-refractivity contribution >= 4 is 34.6 Å². The predicted octanol–water partition coefficient (Wildman–Crippen LogP) is 1.59. The Morgan fingerprint density at radius 2 is 2.00 bits per heavy atom. The predicted molar refractivity (Wildman–Crippen MR) is 95.3 cm³/mol. The molecule has 2 rings (SSSR count). The topological polar surface area (TPSA) is 117 Å². The molecule has 0 radical (unpaired) electrons. The zero-order valence-corrected chi connectivity index (χ0v) is 14.9. The number of phenolic OH excluding ortho intramolecular Hbond substituents is 1. The van der Waals surface area contributed by atoms with Crippen LogP contribution in [-0.2, 0) is 16.0 Å². The molecule has 0 saturated heterocycles. The minimum atomic E-state index is -1.14. The van der Waals surface area contributed by atoms with Crippen LogP contribution in [0.1, 0.15) is 16.7 Å². The molecule has 1 aromatic heterocycles. The molecule has 0 unspecified atom stereocenters. The van der Waals surface area contributed by atoms with E-state index in [1.807, 2.05) is 0 Å². The van der Waals surface area contributed by atoms with Gasteiger partial charge in [0.1, 0.15) is 17.4 Å². The largest absolute Gasteiger partial charge is 0.507 e. The lowest BCUT2D eigenvalue weighted by Crippen LogP contribution is -2.43. The van der Waals surface area contributed by atoms with Crippen LogP contribution in [0, 0.1) is 13.8 Å². The van der Waals surface area contributed by atoms with Gasteiger partial charge in [0.2, 0.25) is 5.91 Å². The number of thioether (sulfide) groups is 1. The molecular formula is C17H19NO6S. The van der Waals surface area contributed by atoms with E-state index in [2.05, 4.69) is 5.32 Å². The number of aromatic hydroxyl groups is 1. The molecule has 25 heavy (non-hydrogen) atoms. The Labute approximate surface area is 148 Å². The number of aliphatic carboxylic acids is 1. The molecule has 0 fully saturated rings. The highest BCUT2D eigenvalue weighted by atomic mass is 32.2. The third kappa shape index (κ3) is 4.14. The first-order chi connectivity index (χ1) is 11.7. The van der Waals surface area contributed by atoms with Gasteiger partial charge >= 0.3 is 11.6 Å². The standard InChI is InChI=1S/C17H19NO6S/c1-8-4-12(19)15-9(2)10(17(23)24-13(15)5-8)6-14(20)18-11(7-25-3)16(21)22/h4-5,11,19H,6-7H2,1-3H3,(H,18,20)(H,21,22)/t11-/m1/s1. The van der Waals surface area contributed by atoms with Crippen LogP contribution in [-0.4, -0.2) is 40.1 Å². The third-order valence-electron chi connectivity index (χ3n) is 3.81. The number of rotatable bonds is 6. The van der Waals surface area contributed by atoms with E-state index in [9.17, 15) is 19.5 Å². The number of carbonyl (C=O) groups is 2. The molecule has 0 saturated carbocycles. The van der Waals surface area contributed by atoms with Crippen molar-refractivity contribution in [2.24, 2.45) is 0 Å². The van der Waals surface area contributed by atoms with Crippen LogP contribution in [0.2, 0.25) is 0 Å². The monoisotopic (exact) mass is 365 g/mol. The summed E-state index contributed by atoms with van der Waals surface area (Å²) in [4.78, 5) is 35.5. The number of fused-ring (bicyclic) bond motifs is 1. The lowest BCUT2D eigenvalue weighted by Gasteiger charge is -2.14. The van der Waals surface area contributed by atoms with Gasteiger partial charge in [-0.3, -0.25) is 4.79 Å². The number of hydrogen-bond acceptors (Lipinski definition) is 6. The van der Waals surface area contributed by atoms with Gasteiger partial charge in [-0.15, -0.1) is 0 Å². The molecule has 2 aromatic rings. The van der Waals surface area contributed by atoms with E-state index >= 15 is 0 Å². The fourth-order valence-corrected chi connectivity index (χ4v) is 3.17. The average molecular weight is 365 g/mol. The summed E-state index contributed by atoms with van der Waals surface area (Å²) in [6, 6.07) is 2.14. The summed E-state index contributed by atoms with van der Waals surface area (Å²) < 4.78 is 5.22. The second-order valence-corrected chi connectivity index (χ2v) is 6.65. The Balaban J connectivity index is 2.37. The van der Waals surface area contributed by atoms with Crippen molar-refractivity contribution in [3.05, 3.63) is 39.2 Å². The minimum Gasteiger partial charge on any atom is -0.507 e. The molecule has 0 bridgehead atoms. The summed E-state index contributed by atoms with van der Waals surface area (Å²) >= 11 is 1.29. The maximum atomic E-state index is 12.2. The second kappa shape index (κ2) is 7.60. The highest BCUT2D eigenvalue weighted by Gasteiger charge is 2.22. The summed E-state index contributed by atoms with van der Waals surface area (Å²) in [7, 11) is 0. The van der Waals surface area contributed by atoms with Crippen LogP contribution >= 0.6 is 11.8 Å². The smallest absolute Gasteiger partial charge is 0.340 e. The van der Waals surface area contributed by atoms with Gasteiger partial charge in [0.25, 0.3) is 0 Å². The van der Waals surface area contributed by atoms with Gasteiger partial charge in [0.15, 0.2) is 0 Å². The minimum absolute atomic E-state index is 0.0382. The number of nitrogens with one attached hydrogen (secondary N) is 1. The molecule has 1 heterocycles. The van der Waals surface area contributed by atoms with Gasteiger partial charge in [-0.05, 0) is 43.4 Å². The van der Waals surface area contributed by atoms with Gasteiger partial charge in [-0.25, -0.2) is 9.59 Å². The molecule has 1 atom stereocenters. The van der Waals surface area contributed by atoms with Crippen LogP contribution < -0.4 is 10.9 Å². The van der Waals surface area contributed by atoms with Gasteiger partial charge in [0.05, 0.1) is 17.4 Å². The Kier molecular flexibility index (Phi) is 5.73. The number of hydrogen-bond donors (Lipinski definition) is 3. The number of carboxylic acid groups (broad SMARTS) is 1. The van der Waals surface area contributed by atoms with Crippen molar-refractivity contribution in [3.8, 4) is 5.75 Å². The van der Waals surface area contributed by atoms with Crippen molar-refractivity contribution < 1.29 is 24.2 Å². The molecule has 8 heteroatoms. The van der Waals surface area contributed by atoms with E-state index in [-0.39, 0.29) is 29.1 Å². The zero-order chi connectivity index (χ0) is 18.7. The molecular weight excluding hydrogens is 346 g/mol. The van der Waals surface area contributed by atoms with Gasteiger partial charge in [-0.1, -0.05) is 0 Å². The lowest BCUT2D eigenvalue weighted by atomic mass is 10.0. The maximum absolute atomic E-state index is 12.2. The average Bonchev–Trinajstić information content (AvgIpc) is 2.49. The maximum Gasteiger partial charge on any atom is 0.340 e. The van der Waals surface area contributed by atoms with Crippen LogP contribution in [0.5, 0.6) is 5.75 Å². The van der Waals surface area contributed by atoms with E-state index in [0.29, 0.717) is 10.9 Å². The van der Waals surface area contributed by atoms with E-state index in [0.717, 1.165) is 5.56 Å². The zero-order valence-electron chi connectivity index (χ0n) is 14.1. The van der Waals surface area contributed by atoms with Crippen molar-refractivity contribution in [1.82, 2.24) is 5.32 Å². The first-order valence-electron chi connectivity index (χ1n) is 7.51. The van der Waals surface area contributed by atoms with Crippen LogP contribution in [0.4, 0.5) is 0 Å². The number of benzene rings is 1. The van der Waals surface area contributed by atoms with Crippen molar-refractivity contribution in [2.75, 3.05) is 12.0 Å². The molecule has 0 aliphatic rings. The van der Waals surface area contributed by atoms with E-state index in [1.54, 1.807) is 26.2 Å².